The molecule has 0 atom stereocenters. The van der Waals surface area contributed by atoms with E-state index in [0.717, 1.165) is 25.1 Å². The second kappa shape index (κ2) is 7.72. The van der Waals surface area contributed by atoms with Crippen LogP contribution >= 0.6 is 0 Å². The molecule has 0 saturated heterocycles. The lowest BCUT2D eigenvalue weighted by Gasteiger charge is -2.16. The van der Waals surface area contributed by atoms with Gasteiger partial charge in [0.05, 0.1) is 0 Å². The molecule has 0 aliphatic rings. The fourth-order valence-corrected chi connectivity index (χ4v) is 2.41. The Morgan fingerprint density at radius 2 is 1.91 bits per heavy atom. The van der Waals surface area contributed by atoms with E-state index in [0.29, 0.717) is 11.6 Å². The summed E-state index contributed by atoms with van der Waals surface area (Å²) < 4.78 is 0. The van der Waals surface area contributed by atoms with Crippen molar-refractivity contribution in [3.63, 3.8) is 0 Å². The van der Waals surface area contributed by atoms with E-state index >= 15 is 0 Å². The molecule has 0 aliphatic carbocycles. The Morgan fingerprint density at radius 1 is 1.22 bits per heavy atom. The summed E-state index contributed by atoms with van der Waals surface area (Å²) in [6.45, 7) is 6.93. The minimum absolute atomic E-state index is 0.0793. The van der Waals surface area contributed by atoms with Crippen molar-refractivity contribution in [3.05, 3.63) is 47.3 Å². The third-order valence-corrected chi connectivity index (χ3v) is 3.55. The highest BCUT2D eigenvalue weighted by atomic mass is 16.2. The normalized spacial score (nSPS) is 10.4. The van der Waals surface area contributed by atoms with Crippen LogP contribution in [0.5, 0.6) is 0 Å². The molecule has 1 amide bonds. The van der Waals surface area contributed by atoms with Crippen LogP contribution in [0, 0.1) is 13.8 Å². The van der Waals surface area contributed by atoms with Gasteiger partial charge < -0.3 is 10.2 Å². The Balaban J connectivity index is 2.14. The molecule has 5 nitrogen and oxygen atoms in total. The first kappa shape index (κ1) is 16.9. The van der Waals surface area contributed by atoms with Gasteiger partial charge in [-0.1, -0.05) is 19.4 Å². The van der Waals surface area contributed by atoms with Crippen LogP contribution in [-0.4, -0.2) is 34.4 Å². The van der Waals surface area contributed by atoms with Gasteiger partial charge in [0.25, 0.3) is 5.91 Å². The highest BCUT2D eigenvalue weighted by Crippen LogP contribution is 2.17. The summed E-state index contributed by atoms with van der Waals surface area (Å²) in [6, 6.07) is 7.81. The Bertz CT molecular complexity index is 664. The standard InChI is InChI=1S/C18H24N4O/c1-5-6-9-22(4)17(23)16-7-8-19-18(21-16)20-15-11-13(2)10-14(3)12-15/h7-8,10-12H,5-6,9H2,1-4H3,(H,19,20,21). The number of nitrogens with one attached hydrogen (secondary N) is 1. The maximum atomic E-state index is 12.4. The number of hydrogen-bond acceptors (Lipinski definition) is 4. The molecule has 2 rings (SSSR count). The third kappa shape index (κ3) is 4.77. The highest BCUT2D eigenvalue weighted by Gasteiger charge is 2.13. The Kier molecular flexibility index (Phi) is 5.68. The van der Waals surface area contributed by atoms with Gasteiger partial charge in [-0.05, 0) is 49.6 Å². The van der Waals surface area contributed by atoms with Gasteiger partial charge in [0, 0.05) is 25.5 Å². The lowest BCUT2D eigenvalue weighted by Crippen LogP contribution is -2.28. The Labute approximate surface area is 137 Å². The van der Waals surface area contributed by atoms with Crippen LogP contribution in [0.3, 0.4) is 0 Å². The number of unbranched alkanes of at least 4 members (excludes halogenated alkanes) is 1. The molecule has 23 heavy (non-hydrogen) atoms. The van der Waals surface area contributed by atoms with E-state index in [2.05, 4.69) is 28.3 Å². The average Bonchev–Trinajstić information content (AvgIpc) is 2.51. The van der Waals surface area contributed by atoms with Crippen LogP contribution < -0.4 is 5.32 Å². The van der Waals surface area contributed by atoms with E-state index in [4.69, 9.17) is 0 Å². The number of rotatable bonds is 6. The summed E-state index contributed by atoms with van der Waals surface area (Å²) in [5.74, 6) is 0.356. The first-order valence-electron chi connectivity index (χ1n) is 7.93. The lowest BCUT2D eigenvalue weighted by molar-refractivity contribution is 0.0787. The first-order chi connectivity index (χ1) is 11.0. The lowest BCUT2D eigenvalue weighted by atomic mass is 10.1. The van der Waals surface area contributed by atoms with E-state index in [-0.39, 0.29) is 5.91 Å². The molecule has 0 saturated carbocycles. The van der Waals surface area contributed by atoms with E-state index in [1.54, 1.807) is 24.2 Å². The number of carbonyl (C=O) groups is 1. The molecule has 0 spiro atoms. The van der Waals surface area contributed by atoms with Gasteiger partial charge in [-0.2, -0.15) is 0 Å². The monoisotopic (exact) mass is 312 g/mol. The van der Waals surface area contributed by atoms with Crippen LogP contribution in [0.1, 0.15) is 41.4 Å². The van der Waals surface area contributed by atoms with Gasteiger partial charge in [0.2, 0.25) is 5.95 Å². The van der Waals surface area contributed by atoms with Crippen LogP contribution in [0.25, 0.3) is 0 Å². The van der Waals surface area contributed by atoms with Crippen molar-refractivity contribution < 1.29 is 4.79 Å². The maximum absolute atomic E-state index is 12.4. The quantitative estimate of drug-likeness (QED) is 0.883. The van der Waals surface area contributed by atoms with Crippen molar-refractivity contribution >= 4 is 17.5 Å². The van der Waals surface area contributed by atoms with Gasteiger partial charge in [-0.15, -0.1) is 0 Å². The number of nitrogens with zero attached hydrogens (tertiary/aromatic N) is 3. The fourth-order valence-electron chi connectivity index (χ4n) is 2.41. The number of hydrogen-bond donors (Lipinski definition) is 1. The summed E-state index contributed by atoms with van der Waals surface area (Å²) in [7, 11) is 1.80. The minimum Gasteiger partial charge on any atom is -0.340 e. The molecule has 0 radical (unpaired) electrons. The summed E-state index contributed by atoms with van der Waals surface area (Å²) in [5, 5.41) is 3.17. The van der Waals surface area contributed by atoms with Gasteiger partial charge >= 0.3 is 0 Å². The van der Waals surface area contributed by atoms with E-state index < -0.39 is 0 Å². The molecular formula is C18H24N4O. The van der Waals surface area contributed by atoms with Crippen molar-refractivity contribution in [1.29, 1.82) is 0 Å². The number of aromatic nitrogens is 2. The molecule has 0 fully saturated rings. The highest BCUT2D eigenvalue weighted by molar-refractivity contribution is 5.92. The van der Waals surface area contributed by atoms with Crippen molar-refractivity contribution in [3.8, 4) is 0 Å². The summed E-state index contributed by atoms with van der Waals surface area (Å²) in [5.41, 5.74) is 3.66. The molecule has 0 aliphatic heterocycles. The fraction of sp³-hybridized carbons (Fsp3) is 0.389. The minimum atomic E-state index is -0.0793. The zero-order valence-corrected chi connectivity index (χ0v) is 14.3. The summed E-state index contributed by atoms with van der Waals surface area (Å²) >= 11 is 0. The summed E-state index contributed by atoms with van der Waals surface area (Å²) in [6.07, 6.45) is 3.65. The SMILES string of the molecule is CCCCN(C)C(=O)c1ccnc(Nc2cc(C)cc(C)c2)n1. The second-order valence-corrected chi connectivity index (χ2v) is 5.85. The Morgan fingerprint density at radius 3 is 2.57 bits per heavy atom. The number of carbonyl (C=O) groups excluding carboxylic acids is 1. The summed E-state index contributed by atoms with van der Waals surface area (Å²) in [4.78, 5) is 22.6. The zero-order chi connectivity index (χ0) is 16.8. The molecule has 1 N–H and O–H groups in total. The molecule has 1 heterocycles. The molecule has 1 aromatic carbocycles. The number of anilines is 2. The molecule has 0 bridgehead atoms. The van der Waals surface area contributed by atoms with Gasteiger partial charge in [0.1, 0.15) is 5.69 Å². The van der Waals surface area contributed by atoms with Crippen molar-refractivity contribution in [1.82, 2.24) is 14.9 Å². The zero-order valence-electron chi connectivity index (χ0n) is 14.3. The third-order valence-electron chi connectivity index (χ3n) is 3.55. The van der Waals surface area contributed by atoms with E-state index in [1.165, 1.54) is 11.1 Å². The van der Waals surface area contributed by atoms with E-state index in [1.807, 2.05) is 26.0 Å². The molecule has 2 aromatic rings. The molecule has 122 valence electrons. The van der Waals surface area contributed by atoms with Crippen molar-refractivity contribution in [2.24, 2.45) is 0 Å². The van der Waals surface area contributed by atoms with E-state index in [9.17, 15) is 4.79 Å². The van der Waals surface area contributed by atoms with Crippen LogP contribution in [0.4, 0.5) is 11.6 Å². The van der Waals surface area contributed by atoms with Crippen molar-refractivity contribution in [2.45, 2.75) is 33.6 Å². The van der Waals surface area contributed by atoms with Gasteiger partial charge in [-0.25, -0.2) is 9.97 Å². The smallest absolute Gasteiger partial charge is 0.272 e. The van der Waals surface area contributed by atoms with Crippen molar-refractivity contribution in [2.75, 3.05) is 18.9 Å². The van der Waals surface area contributed by atoms with Gasteiger partial charge in [-0.3, -0.25) is 4.79 Å². The first-order valence-corrected chi connectivity index (χ1v) is 7.93. The van der Waals surface area contributed by atoms with Gasteiger partial charge in [0.15, 0.2) is 0 Å². The molecule has 1 aromatic heterocycles. The number of aryl methyl sites for hydroxylation is 2. The topological polar surface area (TPSA) is 58.1 Å². The maximum Gasteiger partial charge on any atom is 0.272 e. The van der Waals surface area contributed by atoms with Crippen LogP contribution in [0.15, 0.2) is 30.5 Å². The second-order valence-electron chi connectivity index (χ2n) is 5.85. The largest absolute Gasteiger partial charge is 0.340 e. The van der Waals surface area contributed by atoms with Crippen LogP contribution in [0.2, 0.25) is 0 Å². The molecule has 0 unspecified atom stereocenters. The van der Waals surface area contributed by atoms with Crippen LogP contribution in [-0.2, 0) is 0 Å². The average molecular weight is 312 g/mol. The molecule has 5 heteroatoms. The number of amides is 1. The number of benzene rings is 1. The predicted molar refractivity (Wildman–Crippen MR) is 93.1 cm³/mol. The Hall–Kier alpha value is -2.43. The molecular weight excluding hydrogens is 288 g/mol. The predicted octanol–water partition coefficient (Wildman–Crippen LogP) is 3.71.